The highest BCUT2D eigenvalue weighted by molar-refractivity contribution is 5.40. The molecule has 6 aliphatic carbocycles. The second-order valence-electron chi connectivity index (χ2n) is 21.6. The summed E-state index contributed by atoms with van der Waals surface area (Å²) in [6.07, 6.45) is 22.0. The van der Waals surface area contributed by atoms with Crippen LogP contribution in [0.5, 0.6) is 0 Å². The smallest absolute Gasteiger partial charge is 0.0811 e. The number of aliphatic hydroxyl groups excluding tert-OH is 4. The van der Waals surface area contributed by atoms with Crippen molar-refractivity contribution in [2.45, 2.75) is 206 Å². The number of fused-ring (bicyclic) bond motifs is 2. The van der Waals surface area contributed by atoms with Crippen molar-refractivity contribution in [1.29, 1.82) is 0 Å². The highest BCUT2D eigenvalue weighted by atomic mass is 16.5. The zero-order valence-electron chi connectivity index (χ0n) is 38.7. The molecule has 6 aliphatic rings. The van der Waals surface area contributed by atoms with Crippen molar-refractivity contribution in [3.8, 4) is 0 Å². The van der Waals surface area contributed by atoms with E-state index in [0.717, 1.165) is 35.1 Å². The summed E-state index contributed by atoms with van der Waals surface area (Å²) in [5.74, 6) is 2.21. The van der Waals surface area contributed by atoms with Crippen LogP contribution in [0.15, 0.2) is 70.9 Å². The molecular weight excluding hydrogens is 753 g/mol. The van der Waals surface area contributed by atoms with Gasteiger partial charge in [0.1, 0.15) is 0 Å². The number of ether oxygens (including phenoxy) is 2. The van der Waals surface area contributed by atoms with Crippen LogP contribution >= 0.6 is 0 Å². The molecule has 0 bridgehead atoms. The van der Waals surface area contributed by atoms with E-state index in [1.54, 1.807) is 0 Å². The van der Waals surface area contributed by atoms with Crippen molar-refractivity contribution >= 4 is 0 Å². The molecule has 0 radical (unpaired) electrons. The maximum absolute atomic E-state index is 10.1. The lowest BCUT2D eigenvalue weighted by Crippen LogP contribution is -2.39. The van der Waals surface area contributed by atoms with Crippen molar-refractivity contribution in [3.63, 3.8) is 0 Å². The predicted molar refractivity (Wildman–Crippen MR) is 242 cm³/mol. The third-order valence-corrected chi connectivity index (χ3v) is 15.9. The summed E-state index contributed by atoms with van der Waals surface area (Å²) in [5.41, 5.74) is 5.63. The Kier molecular flexibility index (Phi) is 16.6. The standard InChI is InChI=1S/2C26H42O4/c2*1-17-20(15-21(27)16-24(17)28)9-8-19-7-6-12-26(5)22(10-11-23(19)26)18(2)30-14-13-25(3,4)29/h2*8-9,18,21-24,27-29H,1,6-7,10-16H2,2-5H3/b2*19-8+,20-9-/t2*18-,21+,22+,23-,24-,26+/m00/s1. The number of hydrogen-bond acceptors (Lipinski definition) is 8. The van der Waals surface area contributed by atoms with E-state index in [4.69, 9.17) is 9.47 Å². The Balaban J connectivity index is 0.000000228. The van der Waals surface area contributed by atoms with Crippen LogP contribution in [-0.2, 0) is 9.47 Å². The van der Waals surface area contributed by atoms with Gasteiger partial charge in [-0.05, 0) is 188 Å². The van der Waals surface area contributed by atoms with Crippen LogP contribution in [0.3, 0.4) is 0 Å². The zero-order chi connectivity index (χ0) is 44.2. The SMILES string of the molecule is C=C1/C(=C\C=C2/CCC[C@]3(C)[C@@H]([C@H](C)OCCC(C)(C)O)CC[C@@H]23)C[C@@H](O)C[C@@H]1O.C=C1/C(=C\C=C2/CCC[C@]3(C)[C@@H]([C@H](C)OCCC(C)(C)O)CC[C@@H]23)C[C@@H](O)C[C@@H]1O. The monoisotopic (exact) mass is 837 g/mol. The van der Waals surface area contributed by atoms with Gasteiger partial charge in [-0.1, -0.05) is 62.5 Å². The second kappa shape index (κ2) is 20.3. The highest BCUT2D eigenvalue weighted by Crippen LogP contribution is 2.60. The number of allylic oxidation sites excluding steroid dienone is 6. The minimum Gasteiger partial charge on any atom is -0.393 e. The van der Waals surface area contributed by atoms with Crippen molar-refractivity contribution < 1.29 is 40.1 Å². The zero-order valence-corrected chi connectivity index (χ0v) is 38.7. The molecule has 6 rings (SSSR count). The van der Waals surface area contributed by atoms with Crippen molar-refractivity contribution in [3.05, 3.63) is 70.9 Å². The molecule has 0 aliphatic heterocycles. The van der Waals surface area contributed by atoms with Crippen LogP contribution in [0.25, 0.3) is 0 Å². The normalized spacial score (nSPS) is 38.8. The van der Waals surface area contributed by atoms with Crippen molar-refractivity contribution in [2.75, 3.05) is 13.2 Å². The third-order valence-electron chi connectivity index (χ3n) is 15.9. The summed E-state index contributed by atoms with van der Waals surface area (Å²) in [6.45, 7) is 25.9. The Morgan fingerprint density at radius 1 is 0.633 bits per heavy atom. The average Bonchev–Trinajstić information content (AvgIpc) is 3.69. The Bertz CT molecular complexity index is 1490. The Morgan fingerprint density at radius 2 is 1.00 bits per heavy atom. The first kappa shape index (κ1) is 49.1. The first-order valence-corrected chi connectivity index (χ1v) is 23.6. The summed E-state index contributed by atoms with van der Waals surface area (Å²) >= 11 is 0. The van der Waals surface area contributed by atoms with E-state index < -0.39 is 35.6 Å². The lowest BCUT2D eigenvalue weighted by Gasteiger charge is -2.44. The van der Waals surface area contributed by atoms with Crippen LogP contribution in [0, 0.1) is 34.5 Å². The second-order valence-corrected chi connectivity index (χ2v) is 21.6. The fourth-order valence-corrected chi connectivity index (χ4v) is 12.3. The van der Waals surface area contributed by atoms with Gasteiger partial charge in [0.15, 0.2) is 0 Å². The van der Waals surface area contributed by atoms with Gasteiger partial charge in [-0.15, -0.1) is 0 Å². The molecule has 340 valence electrons. The summed E-state index contributed by atoms with van der Waals surface area (Å²) in [7, 11) is 0. The van der Waals surface area contributed by atoms with Gasteiger partial charge in [-0.2, -0.15) is 0 Å². The lowest BCUT2D eigenvalue weighted by molar-refractivity contribution is -0.0459. The molecule has 12 atom stereocenters. The summed E-state index contributed by atoms with van der Waals surface area (Å²) < 4.78 is 12.4. The first-order valence-electron chi connectivity index (χ1n) is 23.6. The van der Waals surface area contributed by atoms with Crippen LogP contribution in [0.4, 0.5) is 0 Å². The molecule has 0 spiro atoms. The first-order chi connectivity index (χ1) is 28.0. The van der Waals surface area contributed by atoms with Crippen LogP contribution in [0.2, 0.25) is 0 Å². The topological polar surface area (TPSA) is 140 Å². The number of hydrogen-bond donors (Lipinski definition) is 6. The molecule has 8 nitrogen and oxygen atoms in total. The van der Waals surface area contributed by atoms with Gasteiger partial charge in [0.25, 0.3) is 0 Å². The summed E-state index contributed by atoms with van der Waals surface area (Å²) in [4.78, 5) is 0. The molecule has 6 N–H and O–H groups in total. The van der Waals surface area contributed by atoms with Gasteiger partial charge in [-0.3, -0.25) is 0 Å². The molecule has 60 heavy (non-hydrogen) atoms. The molecule has 0 saturated heterocycles. The average molecular weight is 837 g/mol. The molecule has 0 heterocycles. The predicted octanol–water partition coefficient (Wildman–Crippen LogP) is 9.39. The quantitative estimate of drug-likeness (QED) is 0.114. The summed E-state index contributed by atoms with van der Waals surface area (Å²) in [6, 6.07) is 0. The molecular formula is C52H84O8. The van der Waals surface area contributed by atoms with E-state index in [9.17, 15) is 30.6 Å². The van der Waals surface area contributed by atoms with Crippen molar-refractivity contribution in [1.82, 2.24) is 0 Å². The van der Waals surface area contributed by atoms with E-state index in [-0.39, 0.29) is 23.0 Å². The maximum Gasteiger partial charge on any atom is 0.0811 e. The van der Waals surface area contributed by atoms with E-state index in [1.807, 2.05) is 27.7 Å². The van der Waals surface area contributed by atoms with Gasteiger partial charge in [0.05, 0.1) is 47.8 Å². The third kappa shape index (κ3) is 12.2. The highest BCUT2D eigenvalue weighted by Gasteiger charge is 2.52. The molecule has 6 saturated carbocycles. The molecule has 6 fully saturated rings. The van der Waals surface area contributed by atoms with Crippen LogP contribution in [0.1, 0.15) is 158 Å². The Morgan fingerprint density at radius 3 is 1.35 bits per heavy atom. The summed E-state index contributed by atoms with van der Waals surface area (Å²) in [5, 5.41) is 60.2. The van der Waals surface area contributed by atoms with Crippen molar-refractivity contribution in [2.24, 2.45) is 34.5 Å². The fraction of sp³-hybridized carbons (Fsp3) is 0.769. The fourth-order valence-electron chi connectivity index (χ4n) is 12.3. The van der Waals surface area contributed by atoms with Gasteiger partial charge >= 0.3 is 0 Å². The minimum atomic E-state index is -0.680. The van der Waals surface area contributed by atoms with Gasteiger partial charge in [0, 0.05) is 26.1 Å². The molecule has 8 heteroatoms. The minimum absolute atomic E-state index is 0.198. The van der Waals surface area contributed by atoms with E-state index in [2.05, 4.69) is 65.2 Å². The Hall–Kier alpha value is -1.88. The molecule has 0 aromatic carbocycles. The maximum atomic E-state index is 10.1. The van der Waals surface area contributed by atoms with Gasteiger partial charge in [0.2, 0.25) is 0 Å². The van der Waals surface area contributed by atoms with Crippen LogP contribution in [-0.4, -0.2) is 91.7 Å². The largest absolute Gasteiger partial charge is 0.393 e. The van der Waals surface area contributed by atoms with E-state index >= 15 is 0 Å². The Labute approximate surface area is 363 Å². The number of rotatable bonds is 12. The van der Waals surface area contributed by atoms with Gasteiger partial charge in [-0.25, -0.2) is 0 Å². The van der Waals surface area contributed by atoms with Gasteiger partial charge < -0.3 is 40.1 Å². The van der Waals surface area contributed by atoms with E-state index in [0.29, 0.717) is 75.4 Å². The molecule has 0 unspecified atom stereocenters. The molecule has 0 aromatic heterocycles. The lowest BCUT2D eigenvalue weighted by atomic mass is 9.62. The van der Waals surface area contributed by atoms with E-state index in [1.165, 1.54) is 62.5 Å². The molecule has 0 amide bonds. The van der Waals surface area contributed by atoms with Crippen LogP contribution < -0.4 is 0 Å². The molecule has 0 aromatic rings. The number of aliphatic hydroxyl groups is 6.